The predicted octanol–water partition coefficient (Wildman–Crippen LogP) is 6.97. The summed E-state index contributed by atoms with van der Waals surface area (Å²) >= 11 is 0. The predicted molar refractivity (Wildman–Crippen MR) is 141 cm³/mol. The largest absolute Gasteiger partial charge is 0.493 e. The Bertz CT molecular complexity index is 1440. The van der Waals surface area contributed by atoms with Crippen molar-refractivity contribution in [2.24, 2.45) is 4.99 Å². The standard InChI is InChI=1S/C30H25N3O2/c1-34-26-19-18-22(20-27(26)35-2)21-31-30-28(23-12-6-3-7-13-23)29(24-14-8-4-9-15-24)32-33(30)25-16-10-5-11-17-25/h3-21H,1-2H3. The van der Waals surface area contributed by atoms with E-state index in [1.807, 2.05) is 95.8 Å². The Hall–Kier alpha value is -4.64. The number of nitrogens with zero attached hydrogens (tertiary/aromatic N) is 3. The first-order valence-corrected chi connectivity index (χ1v) is 11.3. The Balaban J connectivity index is 1.73. The van der Waals surface area contributed by atoms with E-state index in [0.717, 1.165) is 39.5 Å². The quantitative estimate of drug-likeness (QED) is 0.247. The van der Waals surface area contributed by atoms with Crippen LogP contribution in [-0.4, -0.2) is 30.2 Å². The molecule has 0 aliphatic rings. The van der Waals surface area contributed by atoms with Gasteiger partial charge in [-0.1, -0.05) is 78.9 Å². The molecule has 0 radical (unpaired) electrons. The van der Waals surface area contributed by atoms with Gasteiger partial charge in [-0.3, -0.25) is 0 Å². The molecule has 0 spiro atoms. The highest BCUT2D eigenvalue weighted by Crippen LogP contribution is 2.40. The van der Waals surface area contributed by atoms with Gasteiger partial charge in [0.1, 0.15) is 5.69 Å². The average Bonchev–Trinajstić information content (AvgIpc) is 3.32. The van der Waals surface area contributed by atoms with Crippen LogP contribution in [0.2, 0.25) is 0 Å². The molecule has 0 N–H and O–H groups in total. The maximum Gasteiger partial charge on any atom is 0.164 e. The molecule has 0 saturated heterocycles. The Morgan fingerprint density at radius 1 is 0.686 bits per heavy atom. The van der Waals surface area contributed by atoms with E-state index in [-0.39, 0.29) is 0 Å². The van der Waals surface area contributed by atoms with Crippen molar-refractivity contribution >= 4 is 12.0 Å². The molecule has 5 rings (SSSR count). The lowest BCUT2D eigenvalue weighted by atomic mass is 10.0. The molecule has 1 heterocycles. The fourth-order valence-corrected chi connectivity index (χ4v) is 4.02. The summed E-state index contributed by atoms with van der Waals surface area (Å²) in [4.78, 5) is 4.99. The molecule has 0 atom stereocenters. The normalized spacial score (nSPS) is 11.0. The molecule has 5 aromatic rings. The number of rotatable bonds is 7. The lowest BCUT2D eigenvalue weighted by molar-refractivity contribution is 0.355. The summed E-state index contributed by atoms with van der Waals surface area (Å²) < 4.78 is 12.8. The van der Waals surface area contributed by atoms with Crippen molar-refractivity contribution in [1.29, 1.82) is 0 Å². The van der Waals surface area contributed by atoms with Crippen LogP contribution in [0.3, 0.4) is 0 Å². The van der Waals surface area contributed by atoms with Gasteiger partial charge in [-0.25, -0.2) is 9.67 Å². The third-order valence-corrected chi connectivity index (χ3v) is 5.71. The number of aliphatic imine (C=N–C) groups is 1. The fourth-order valence-electron chi connectivity index (χ4n) is 4.02. The van der Waals surface area contributed by atoms with Crippen molar-refractivity contribution < 1.29 is 9.47 Å². The van der Waals surface area contributed by atoms with Crippen LogP contribution in [0, 0.1) is 0 Å². The highest BCUT2D eigenvalue weighted by molar-refractivity contribution is 5.92. The Labute approximate surface area is 204 Å². The minimum absolute atomic E-state index is 0.654. The van der Waals surface area contributed by atoms with E-state index in [1.54, 1.807) is 14.2 Å². The topological polar surface area (TPSA) is 48.6 Å². The molecule has 0 aliphatic carbocycles. The monoisotopic (exact) mass is 459 g/mol. The van der Waals surface area contributed by atoms with Crippen molar-refractivity contribution in [3.63, 3.8) is 0 Å². The summed E-state index contributed by atoms with van der Waals surface area (Å²) in [7, 11) is 3.25. The number of hydrogen-bond donors (Lipinski definition) is 0. The van der Waals surface area contributed by atoms with Crippen LogP contribution < -0.4 is 9.47 Å². The van der Waals surface area contributed by atoms with E-state index in [9.17, 15) is 0 Å². The number of hydrogen-bond acceptors (Lipinski definition) is 4. The molecule has 4 aromatic carbocycles. The number of ether oxygens (including phenoxy) is 2. The molecule has 172 valence electrons. The molecule has 5 heteroatoms. The molecule has 0 aliphatic heterocycles. The first kappa shape index (κ1) is 22.2. The van der Waals surface area contributed by atoms with E-state index in [1.165, 1.54) is 0 Å². The highest BCUT2D eigenvalue weighted by Gasteiger charge is 2.21. The second-order valence-corrected chi connectivity index (χ2v) is 7.90. The second-order valence-electron chi connectivity index (χ2n) is 7.90. The molecule has 35 heavy (non-hydrogen) atoms. The molecule has 0 bridgehead atoms. The van der Waals surface area contributed by atoms with Gasteiger partial charge >= 0.3 is 0 Å². The van der Waals surface area contributed by atoms with Gasteiger partial charge in [-0.2, -0.15) is 5.10 Å². The van der Waals surface area contributed by atoms with E-state index >= 15 is 0 Å². The zero-order chi connectivity index (χ0) is 24.0. The van der Waals surface area contributed by atoms with Gasteiger partial charge in [0, 0.05) is 11.8 Å². The van der Waals surface area contributed by atoms with Crippen molar-refractivity contribution in [1.82, 2.24) is 9.78 Å². The maximum absolute atomic E-state index is 5.47. The molecule has 0 amide bonds. The summed E-state index contributed by atoms with van der Waals surface area (Å²) in [5, 5.41) is 5.06. The summed E-state index contributed by atoms with van der Waals surface area (Å²) in [5.74, 6) is 2.08. The Morgan fingerprint density at radius 2 is 1.29 bits per heavy atom. The van der Waals surface area contributed by atoms with Gasteiger partial charge in [-0.05, 0) is 41.5 Å². The van der Waals surface area contributed by atoms with E-state index < -0.39 is 0 Å². The van der Waals surface area contributed by atoms with E-state index in [2.05, 4.69) is 24.3 Å². The highest BCUT2D eigenvalue weighted by atomic mass is 16.5. The first-order valence-electron chi connectivity index (χ1n) is 11.3. The van der Waals surface area contributed by atoms with Gasteiger partial charge in [-0.15, -0.1) is 0 Å². The molecule has 5 nitrogen and oxygen atoms in total. The zero-order valence-corrected chi connectivity index (χ0v) is 19.6. The molecule has 1 aromatic heterocycles. The second kappa shape index (κ2) is 10.1. The molecule has 0 unspecified atom stereocenters. The van der Waals surface area contributed by atoms with Crippen molar-refractivity contribution in [2.45, 2.75) is 0 Å². The van der Waals surface area contributed by atoms with Gasteiger partial charge in [0.2, 0.25) is 0 Å². The van der Waals surface area contributed by atoms with Crippen LogP contribution in [0.1, 0.15) is 5.56 Å². The Morgan fingerprint density at radius 3 is 1.91 bits per heavy atom. The summed E-state index contributed by atoms with van der Waals surface area (Å²) in [6, 6.07) is 36.3. The van der Waals surface area contributed by atoms with Crippen LogP contribution in [0.25, 0.3) is 28.1 Å². The number of methoxy groups -OCH3 is 2. The van der Waals surface area contributed by atoms with Crippen LogP contribution in [0.15, 0.2) is 114 Å². The average molecular weight is 460 g/mol. The van der Waals surface area contributed by atoms with Crippen LogP contribution >= 0.6 is 0 Å². The van der Waals surface area contributed by atoms with Crippen LogP contribution in [0.4, 0.5) is 5.82 Å². The van der Waals surface area contributed by atoms with Crippen molar-refractivity contribution in [3.8, 4) is 39.6 Å². The lowest BCUT2D eigenvalue weighted by Gasteiger charge is -2.08. The van der Waals surface area contributed by atoms with Gasteiger partial charge in [0.05, 0.1) is 25.5 Å². The minimum Gasteiger partial charge on any atom is -0.493 e. The minimum atomic E-state index is 0.654. The molecule has 0 fully saturated rings. The fraction of sp³-hybridized carbons (Fsp3) is 0.0667. The van der Waals surface area contributed by atoms with E-state index in [0.29, 0.717) is 11.5 Å². The first-order chi connectivity index (χ1) is 17.3. The van der Waals surface area contributed by atoms with Crippen molar-refractivity contribution in [2.75, 3.05) is 14.2 Å². The van der Waals surface area contributed by atoms with Crippen LogP contribution in [0.5, 0.6) is 11.5 Å². The van der Waals surface area contributed by atoms with E-state index in [4.69, 9.17) is 19.6 Å². The maximum atomic E-state index is 5.47. The van der Waals surface area contributed by atoms with Gasteiger partial charge in [0.15, 0.2) is 17.3 Å². The lowest BCUT2D eigenvalue weighted by Crippen LogP contribution is -1.96. The zero-order valence-electron chi connectivity index (χ0n) is 19.6. The summed E-state index contributed by atoms with van der Waals surface area (Å²) in [5.41, 5.74) is 5.75. The number of aromatic nitrogens is 2. The summed E-state index contributed by atoms with van der Waals surface area (Å²) in [6.45, 7) is 0. The SMILES string of the molecule is COc1ccc(C=Nc2c(-c3ccccc3)c(-c3ccccc3)nn2-c2ccccc2)cc1OC. The Kier molecular flexibility index (Phi) is 6.39. The molecule has 0 saturated carbocycles. The van der Waals surface area contributed by atoms with Gasteiger partial charge in [0.25, 0.3) is 0 Å². The number of benzene rings is 4. The van der Waals surface area contributed by atoms with Gasteiger partial charge < -0.3 is 9.47 Å². The smallest absolute Gasteiger partial charge is 0.164 e. The number of para-hydroxylation sites is 1. The van der Waals surface area contributed by atoms with Crippen molar-refractivity contribution in [3.05, 3.63) is 115 Å². The molecular formula is C30H25N3O2. The molecular weight excluding hydrogens is 434 g/mol. The van der Waals surface area contributed by atoms with Crippen LogP contribution in [-0.2, 0) is 0 Å². The third-order valence-electron chi connectivity index (χ3n) is 5.71. The summed E-state index contributed by atoms with van der Waals surface area (Å²) in [6.07, 6.45) is 1.83. The third kappa shape index (κ3) is 4.57.